The molecule has 0 saturated heterocycles. The lowest BCUT2D eigenvalue weighted by molar-refractivity contribution is -0.123. The molecule has 4 aromatic rings. The van der Waals surface area contributed by atoms with Crippen LogP contribution in [-0.2, 0) is 4.79 Å². The van der Waals surface area contributed by atoms with Crippen molar-refractivity contribution in [3.05, 3.63) is 81.2 Å². The number of methoxy groups -OCH3 is 1. The van der Waals surface area contributed by atoms with Crippen LogP contribution >= 0.6 is 31.9 Å². The van der Waals surface area contributed by atoms with E-state index in [-0.39, 0.29) is 12.5 Å². The lowest BCUT2D eigenvalue weighted by atomic mass is 10.0. The summed E-state index contributed by atoms with van der Waals surface area (Å²) in [5, 5.41) is 8.21. The van der Waals surface area contributed by atoms with E-state index >= 15 is 0 Å². The molecule has 0 atom stereocenters. The van der Waals surface area contributed by atoms with Crippen molar-refractivity contribution in [1.29, 1.82) is 0 Å². The van der Waals surface area contributed by atoms with Gasteiger partial charge in [0.2, 0.25) is 0 Å². The van der Waals surface area contributed by atoms with Gasteiger partial charge in [-0.3, -0.25) is 4.79 Å². The van der Waals surface area contributed by atoms with Gasteiger partial charge in [0.1, 0.15) is 11.5 Å². The Bertz CT molecular complexity index is 1300. The molecule has 1 N–H and O–H groups in total. The number of hydrogen-bond donors (Lipinski definition) is 1. The second-order valence-electron chi connectivity index (χ2n) is 6.73. The Labute approximate surface area is 196 Å². The van der Waals surface area contributed by atoms with Gasteiger partial charge in [0.05, 0.1) is 17.8 Å². The van der Waals surface area contributed by atoms with Crippen LogP contribution < -0.4 is 14.9 Å². The highest BCUT2D eigenvalue weighted by molar-refractivity contribution is 9.11. The van der Waals surface area contributed by atoms with Crippen molar-refractivity contribution in [1.82, 2.24) is 5.43 Å². The maximum atomic E-state index is 12.2. The van der Waals surface area contributed by atoms with Gasteiger partial charge in [0.15, 0.2) is 6.61 Å². The Balaban J connectivity index is 1.44. The molecule has 0 bridgehead atoms. The Kier molecular flexibility index (Phi) is 6.53. The first-order chi connectivity index (χ1) is 15.1. The first-order valence-corrected chi connectivity index (χ1v) is 11.0. The number of ether oxygens (including phenoxy) is 2. The fourth-order valence-corrected chi connectivity index (χ4v) is 4.27. The zero-order valence-electron chi connectivity index (χ0n) is 16.6. The first-order valence-electron chi connectivity index (χ1n) is 9.45. The number of rotatable bonds is 6. The van der Waals surface area contributed by atoms with Crippen LogP contribution in [0.25, 0.3) is 21.5 Å². The third-order valence-corrected chi connectivity index (χ3v) is 6.08. The molecule has 0 aliphatic rings. The highest BCUT2D eigenvalue weighted by atomic mass is 79.9. The molecule has 0 heterocycles. The van der Waals surface area contributed by atoms with E-state index in [1.165, 1.54) is 0 Å². The van der Waals surface area contributed by atoms with Crippen molar-refractivity contribution >= 4 is 65.5 Å². The van der Waals surface area contributed by atoms with Crippen LogP contribution in [0.4, 0.5) is 0 Å². The minimum atomic E-state index is -0.363. The Morgan fingerprint density at radius 1 is 0.968 bits per heavy atom. The maximum Gasteiger partial charge on any atom is 0.277 e. The standard InChI is InChI=1S/C24H18Br2N2O3/c1-30-21-10-6-15-4-2-3-5-18(15)20(21)13-27-28-23(29)14-31-22-11-7-16-12-17(25)8-9-19(16)24(22)26/h2-13H,14H2,1H3,(H,28,29)/b27-13+. The highest BCUT2D eigenvalue weighted by Gasteiger charge is 2.10. The summed E-state index contributed by atoms with van der Waals surface area (Å²) in [6.45, 7) is -0.162. The molecule has 4 rings (SSSR count). The SMILES string of the molecule is COc1ccc2ccccc2c1/C=N/NC(=O)COc1ccc2cc(Br)ccc2c1Br. The monoisotopic (exact) mass is 540 g/mol. The summed E-state index contributed by atoms with van der Waals surface area (Å²) in [5.74, 6) is 0.905. The molecule has 0 aliphatic carbocycles. The molecule has 7 heteroatoms. The summed E-state index contributed by atoms with van der Waals surface area (Å²) in [7, 11) is 1.61. The van der Waals surface area contributed by atoms with Crippen molar-refractivity contribution in [2.24, 2.45) is 5.10 Å². The van der Waals surface area contributed by atoms with Gasteiger partial charge < -0.3 is 9.47 Å². The molecule has 4 aromatic carbocycles. The van der Waals surface area contributed by atoms with Crippen molar-refractivity contribution in [3.8, 4) is 11.5 Å². The van der Waals surface area contributed by atoms with E-state index < -0.39 is 0 Å². The van der Waals surface area contributed by atoms with Gasteiger partial charge in [-0.2, -0.15) is 5.10 Å². The topological polar surface area (TPSA) is 59.9 Å². The predicted molar refractivity (Wildman–Crippen MR) is 131 cm³/mol. The van der Waals surface area contributed by atoms with Crippen LogP contribution in [0, 0.1) is 0 Å². The van der Waals surface area contributed by atoms with Gasteiger partial charge >= 0.3 is 0 Å². The summed E-state index contributed by atoms with van der Waals surface area (Å²) < 4.78 is 12.9. The molecule has 0 aliphatic heterocycles. The summed E-state index contributed by atoms with van der Waals surface area (Å²) in [6.07, 6.45) is 1.59. The van der Waals surface area contributed by atoms with E-state index in [2.05, 4.69) is 42.4 Å². The van der Waals surface area contributed by atoms with Gasteiger partial charge in [-0.25, -0.2) is 5.43 Å². The third kappa shape index (κ3) is 4.73. The van der Waals surface area contributed by atoms with E-state index in [0.717, 1.165) is 36.1 Å². The average Bonchev–Trinajstić information content (AvgIpc) is 2.78. The molecule has 0 spiro atoms. The molecule has 5 nitrogen and oxygen atoms in total. The second kappa shape index (κ2) is 9.49. The zero-order chi connectivity index (χ0) is 21.8. The first kappa shape index (κ1) is 21.3. The number of nitrogens with one attached hydrogen (secondary N) is 1. The molecule has 0 unspecified atom stereocenters. The third-order valence-electron chi connectivity index (χ3n) is 4.77. The van der Waals surface area contributed by atoms with E-state index in [0.29, 0.717) is 11.5 Å². The Hall–Kier alpha value is -2.90. The molecule has 0 radical (unpaired) electrons. The lowest BCUT2D eigenvalue weighted by Crippen LogP contribution is -2.24. The molecule has 0 saturated carbocycles. The fourth-order valence-electron chi connectivity index (χ4n) is 3.29. The lowest BCUT2D eigenvalue weighted by Gasteiger charge is -2.10. The highest BCUT2D eigenvalue weighted by Crippen LogP contribution is 2.34. The minimum absolute atomic E-state index is 0.162. The number of hydrazone groups is 1. The summed E-state index contributed by atoms with van der Waals surface area (Å²) in [6, 6.07) is 21.5. The van der Waals surface area contributed by atoms with Crippen molar-refractivity contribution in [3.63, 3.8) is 0 Å². The van der Waals surface area contributed by atoms with Crippen molar-refractivity contribution in [2.45, 2.75) is 0 Å². The Morgan fingerprint density at radius 3 is 2.58 bits per heavy atom. The smallest absolute Gasteiger partial charge is 0.277 e. The number of fused-ring (bicyclic) bond motifs is 2. The number of carbonyl (C=O) groups excluding carboxylic acids is 1. The van der Waals surface area contributed by atoms with Gasteiger partial charge in [0.25, 0.3) is 5.91 Å². The van der Waals surface area contributed by atoms with E-state index in [1.807, 2.05) is 66.7 Å². The van der Waals surface area contributed by atoms with Gasteiger partial charge in [-0.15, -0.1) is 0 Å². The normalized spacial score (nSPS) is 11.2. The van der Waals surface area contributed by atoms with E-state index in [9.17, 15) is 4.79 Å². The van der Waals surface area contributed by atoms with Gasteiger partial charge in [-0.05, 0) is 61.7 Å². The number of benzene rings is 4. The summed E-state index contributed by atoms with van der Waals surface area (Å²) >= 11 is 7.03. The zero-order valence-corrected chi connectivity index (χ0v) is 19.7. The van der Waals surface area contributed by atoms with Crippen molar-refractivity contribution < 1.29 is 14.3 Å². The number of amides is 1. The quantitative estimate of drug-likeness (QED) is 0.238. The molecule has 31 heavy (non-hydrogen) atoms. The summed E-state index contributed by atoms with van der Waals surface area (Å²) in [4.78, 5) is 12.2. The van der Waals surface area contributed by atoms with E-state index in [1.54, 1.807) is 13.3 Å². The van der Waals surface area contributed by atoms with E-state index in [4.69, 9.17) is 9.47 Å². The number of halogens is 2. The maximum absolute atomic E-state index is 12.2. The largest absolute Gasteiger partial charge is 0.496 e. The van der Waals surface area contributed by atoms with Gasteiger partial charge in [0, 0.05) is 10.0 Å². The second-order valence-corrected chi connectivity index (χ2v) is 8.44. The molecule has 0 fully saturated rings. The van der Waals surface area contributed by atoms with Crippen LogP contribution in [0.15, 0.2) is 80.8 Å². The van der Waals surface area contributed by atoms with Crippen LogP contribution in [0.5, 0.6) is 11.5 Å². The molecular formula is C24H18Br2N2O3. The number of nitrogens with zero attached hydrogens (tertiary/aromatic N) is 1. The van der Waals surface area contributed by atoms with Crippen LogP contribution in [-0.4, -0.2) is 25.8 Å². The number of carbonyl (C=O) groups is 1. The van der Waals surface area contributed by atoms with Gasteiger partial charge in [-0.1, -0.05) is 58.4 Å². The number of hydrogen-bond acceptors (Lipinski definition) is 4. The Morgan fingerprint density at radius 2 is 1.74 bits per heavy atom. The summed E-state index contributed by atoms with van der Waals surface area (Å²) in [5.41, 5.74) is 3.31. The average molecular weight is 542 g/mol. The minimum Gasteiger partial charge on any atom is -0.496 e. The van der Waals surface area contributed by atoms with Crippen molar-refractivity contribution in [2.75, 3.05) is 13.7 Å². The molecular weight excluding hydrogens is 524 g/mol. The van der Waals surface area contributed by atoms with Crippen LogP contribution in [0.3, 0.4) is 0 Å². The fraction of sp³-hybridized carbons (Fsp3) is 0.0833. The van der Waals surface area contributed by atoms with Crippen LogP contribution in [0.2, 0.25) is 0 Å². The molecule has 156 valence electrons. The van der Waals surface area contributed by atoms with Crippen LogP contribution in [0.1, 0.15) is 5.56 Å². The molecule has 0 aromatic heterocycles. The molecule has 1 amide bonds. The predicted octanol–water partition coefficient (Wildman–Crippen LogP) is 6.06.